The van der Waals surface area contributed by atoms with Crippen LogP contribution in [0.25, 0.3) is 0 Å². The minimum Gasteiger partial charge on any atom is -0.179 e. The van der Waals surface area contributed by atoms with Crippen LogP contribution in [0.1, 0.15) is 58.8 Å². The zero-order chi connectivity index (χ0) is 15.7. The summed E-state index contributed by atoms with van der Waals surface area (Å²) in [7, 11) is 0. The Morgan fingerprint density at radius 2 is 1.68 bits per heavy atom. The smallest absolute Gasteiger partial charge is 0.00834 e. The molecule has 0 heterocycles. The maximum Gasteiger partial charge on any atom is 0.00834 e. The van der Waals surface area contributed by atoms with Crippen molar-refractivity contribution in [1.82, 2.24) is 0 Å². The van der Waals surface area contributed by atoms with Crippen molar-refractivity contribution in [2.24, 2.45) is 35.5 Å². The second-order valence-electron chi connectivity index (χ2n) is 8.40. The second kappa shape index (κ2) is 7.95. The van der Waals surface area contributed by atoms with Crippen LogP contribution in [0.5, 0.6) is 0 Å². The quantitative estimate of drug-likeness (QED) is 0.540. The lowest BCUT2D eigenvalue weighted by Gasteiger charge is -2.33. The van der Waals surface area contributed by atoms with Crippen molar-refractivity contribution in [1.29, 1.82) is 0 Å². The van der Waals surface area contributed by atoms with Gasteiger partial charge in [-0.2, -0.15) is 37.0 Å². The molecule has 3 saturated carbocycles. The van der Waals surface area contributed by atoms with Gasteiger partial charge in [0.05, 0.1) is 0 Å². The van der Waals surface area contributed by atoms with Crippen LogP contribution in [0.3, 0.4) is 0 Å². The van der Waals surface area contributed by atoms with Crippen molar-refractivity contribution >= 4 is 37.0 Å². The Balaban J connectivity index is 1.56. The third kappa shape index (κ3) is 3.82. The van der Waals surface area contributed by atoms with E-state index < -0.39 is 0 Å². The van der Waals surface area contributed by atoms with Crippen molar-refractivity contribution in [3.8, 4) is 0 Å². The van der Waals surface area contributed by atoms with Crippen molar-refractivity contribution in [2.75, 3.05) is 11.5 Å². The molecule has 128 valence electrons. The summed E-state index contributed by atoms with van der Waals surface area (Å²) < 4.78 is 0. The molecule has 8 unspecified atom stereocenters. The molecule has 3 rings (SSSR count). The first kappa shape index (κ1) is 17.9. The summed E-state index contributed by atoms with van der Waals surface area (Å²) in [5.74, 6) is 8.07. The van der Waals surface area contributed by atoms with Gasteiger partial charge in [0.1, 0.15) is 0 Å². The summed E-state index contributed by atoms with van der Waals surface area (Å²) in [5.41, 5.74) is 0. The van der Waals surface area contributed by atoms with Gasteiger partial charge in [-0.3, -0.25) is 0 Å². The summed E-state index contributed by atoms with van der Waals surface area (Å²) in [6.45, 7) is 5.00. The van der Waals surface area contributed by atoms with E-state index in [1.165, 1.54) is 44.9 Å². The summed E-state index contributed by atoms with van der Waals surface area (Å²) >= 11 is 11.4. The van der Waals surface area contributed by atoms with E-state index in [1.807, 2.05) is 0 Å². The number of rotatable bonds is 7. The standard InChI is InChI=1S/C19H34S3/c1-12-7-15(3-5-20)17(8-12)13(2)22-19-11-14-9-16(4-6-21)18(19)10-14/h12-21H,3-11H2,1-2H3. The molecule has 0 aromatic rings. The number of fused-ring (bicyclic) bond motifs is 2. The van der Waals surface area contributed by atoms with Crippen LogP contribution < -0.4 is 0 Å². The van der Waals surface area contributed by atoms with E-state index in [0.717, 1.165) is 57.5 Å². The van der Waals surface area contributed by atoms with Gasteiger partial charge in [-0.05, 0) is 92.0 Å². The summed E-state index contributed by atoms with van der Waals surface area (Å²) in [4.78, 5) is 0. The summed E-state index contributed by atoms with van der Waals surface area (Å²) in [6.07, 6.45) is 10.2. The highest BCUT2D eigenvalue weighted by atomic mass is 32.2. The lowest BCUT2D eigenvalue weighted by Crippen LogP contribution is -2.27. The van der Waals surface area contributed by atoms with Crippen molar-refractivity contribution in [2.45, 2.75) is 69.3 Å². The van der Waals surface area contributed by atoms with Crippen LogP contribution >= 0.6 is 37.0 Å². The average Bonchev–Trinajstić information content (AvgIpc) is 3.13. The van der Waals surface area contributed by atoms with Crippen LogP contribution in [-0.4, -0.2) is 22.0 Å². The Bertz CT molecular complexity index is 359. The van der Waals surface area contributed by atoms with Gasteiger partial charge in [-0.25, -0.2) is 0 Å². The molecule has 22 heavy (non-hydrogen) atoms. The minimum atomic E-state index is 0.857. The van der Waals surface area contributed by atoms with E-state index in [-0.39, 0.29) is 0 Å². The zero-order valence-electron chi connectivity index (χ0n) is 14.3. The molecule has 3 fully saturated rings. The van der Waals surface area contributed by atoms with Gasteiger partial charge in [0.2, 0.25) is 0 Å². The van der Waals surface area contributed by atoms with E-state index in [2.05, 4.69) is 50.9 Å². The molecule has 2 bridgehead atoms. The van der Waals surface area contributed by atoms with Gasteiger partial charge in [-0.15, -0.1) is 0 Å². The van der Waals surface area contributed by atoms with Gasteiger partial charge in [0, 0.05) is 10.5 Å². The van der Waals surface area contributed by atoms with Crippen molar-refractivity contribution in [3.63, 3.8) is 0 Å². The summed E-state index contributed by atoms with van der Waals surface area (Å²) in [6, 6.07) is 0. The highest BCUT2D eigenvalue weighted by Gasteiger charge is 2.47. The van der Waals surface area contributed by atoms with E-state index >= 15 is 0 Å². The van der Waals surface area contributed by atoms with Crippen molar-refractivity contribution < 1.29 is 0 Å². The Morgan fingerprint density at radius 3 is 2.36 bits per heavy atom. The topological polar surface area (TPSA) is 0 Å². The highest BCUT2D eigenvalue weighted by Crippen LogP contribution is 2.56. The highest BCUT2D eigenvalue weighted by molar-refractivity contribution is 8.00. The molecule has 0 nitrogen and oxygen atoms in total. The maximum atomic E-state index is 4.51. The molecule has 8 atom stereocenters. The Hall–Kier alpha value is 1.05. The second-order valence-corrected chi connectivity index (χ2v) is 10.9. The molecular weight excluding hydrogens is 324 g/mol. The predicted molar refractivity (Wildman–Crippen MR) is 107 cm³/mol. The fourth-order valence-electron chi connectivity index (χ4n) is 5.98. The van der Waals surface area contributed by atoms with Crippen molar-refractivity contribution in [3.05, 3.63) is 0 Å². The fraction of sp³-hybridized carbons (Fsp3) is 1.00. The Kier molecular flexibility index (Phi) is 6.46. The number of hydrogen-bond donors (Lipinski definition) is 2. The zero-order valence-corrected chi connectivity index (χ0v) is 16.9. The molecule has 3 aliphatic carbocycles. The molecule has 0 amide bonds. The maximum absolute atomic E-state index is 4.51. The van der Waals surface area contributed by atoms with E-state index in [9.17, 15) is 0 Å². The first-order valence-corrected chi connectivity index (χ1v) is 11.7. The number of thiol groups is 2. The first-order chi connectivity index (χ1) is 10.6. The van der Waals surface area contributed by atoms with E-state index in [0.29, 0.717) is 0 Å². The van der Waals surface area contributed by atoms with Gasteiger partial charge in [0.15, 0.2) is 0 Å². The molecule has 0 radical (unpaired) electrons. The third-order valence-electron chi connectivity index (χ3n) is 6.87. The van der Waals surface area contributed by atoms with E-state index in [1.54, 1.807) is 0 Å². The molecule has 0 spiro atoms. The van der Waals surface area contributed by atoms with Crippen LogP contribution in [0.2, 0.25) is 0 Å². The molecule has 0 aromatic carbocycles. The van der Waals surface area contributed by atoms with Crippen LogP contribution in [-0.2, 0) is 0 Å². The molecule has 0 N–H and O–H groups in total. The molecule has 0 saturated heterocycles. The minimum absolute atomic E-state index is 0.857. The summed E-state index contributed by atoms with van der Waals surface area (Å²) in [5, 5.41) is 1.82. The Morgan fingerprint density at radius 1 is 0.955 bits per heavy atom. The lowest BCUT2D eigenvalue weighted by molar-refractivity contribution is 0.331. The SMILES string of the molecule is CC1CC(CCS)C(C(C)SC2CC3CC(CCS)C2C3)C1. The molecule has 0 aliphatic heterocycles. The predicted octanol–water partition coefficient (Wildman–Crippen LogP) is 5.82. The number of hydrogen-bond acceptors (Lipinski definition) is 3. The van der Waals surface area contributed by atoms with Crippen LogP contribution in [0.4, 0.5) is 0 Å². The lowest BCUT2D eigenvalue weighted by atomic mass is 9.86. The van der Waals surface area contributed by atoms with Gasteiger partial charge in [-0.1, -0.05) is 13.8 Å². The molecular formula is C19H34S3. The first-order valence-electron chi connectivity index (χ1n) is 9.49. The fourth-order valence-corrected chi connectivity index (χ4v) is 8.64. The average molecular weight is 359 g/mol. The molecule has 3 aliphatic rings. The van der Waals surface area contributed by atoms with Gasteiger partial charge < -0.3 is 0 Å². The van der Waals surface area contributed by atoms with Crippen LogP contribution in [0, 0.1) is 35.5 Å². The molecule has 3 heteroatoms. The molecule has 0 aromatic heterocycles. The normalized spacial score (nSPS) is 45.5. The third-order valence-corrected chi connectivity index (χ3v) is 9.05. The van der Waals surface area contributed by atoms with Gasteiger partial charge in [0.25, 0.3) is 0 Å². The van der Waals surface area contributed by atoms with Gasteiger partial charge >= 0.3 is 0 Å². The number of thioether (sulfide) groups is 1. The van der Waals surface area contributed by atoms with Crippen LogP contribution in [0.15, 0.2) is 0 Å². The van der Waals surface area contributed by atoms with E-state index in [4.69, 9.17) is 0 Å². The largest absolute Gasteiger partial charge is 0.179 e. The monoisotopic (exact) mass is 358 g/mol. The Labute approximate surface area is 153 Å².